The average molecular weight is 595 g/mol. The van der Waals surface area contributed by atoms with Gasteiger partial charge < -0.3 is 24.8 Å². The van der Waals surface area contributed by atoms with E-state index in [4.69, 9.17) is 24.3 Å². The zero-order valence-corrected chi connectivity index (χ0v) is 24.1. The number of aromatic nitrogens is 3. The number of aliphatic hydroxyl groups excluding tert-OH is 1. The first-order valence-corrected chi connectivity index (χ1v) is 14.9. The Morgan fingerprint density at radius 3 is 2.81 bits per heavy atom. The zero-order chi connectivity index (χ0) is 30.1. The molecule has 220 valence electrons. The summed E-state index contributed by atoms with van der Waals surface area (Å²) in [5, 5.41) is 29.8. The third kappa shape index (κ3) is 5.31. The third-order valence-electron chi connectivity index (χ3n) is 7.27. The smallest absolute Gasteiger partial charge is 0.459 e. The number of carbonyl (C=O) groups excluding carboxylic acids is 1. The molecule has 6 atom stereocenters. The molecule has 0 spiro atoms. The van der Waals surface area contributed by atoms with Gasteiger partial charge in [-0.2, -0.15) is 15.4 Å². The Morgan fingerprint density at radius 1 is 1.29 bits per heavy atom. The lowest BCUT2D eigenvalue weighted by Gasteiger charge is -2.26. The summed E-state index contributed by atoms with van der Waals surface area (Å²) >= 11 is 0. The number of nitrogen functional groups attached to an aromatic ring is 1. The number of nitrogens with zero attached hydrogens (tertiary/aromatic N) is 4. The number of nitrogens with two attached hydrogens (primary N) is 1. The number of fused-ring (bicyclic) bond motifs is 2. The van der Waals surface area contributed by atoms with Crippen LogP contribution in [-0.4, -0.2) is 57.1 Å². The fourth-order valence-electron chi connectivity index (χ4n) is 5.05. The molecule has 14 heteroatoms. The van der Waals surface area contributed by atoms with Crippen LogP contribution in [0.5, 0.6) is 5.75 Å². The molecule has 0 aliphatic carbocycles. The number of carbonyl (C=O) groups is 1. The van der Waals surface area contributed by atoms with Gasteiger partial charge in [-0.15, -0.1) is 0 Å². The van der Waals surface area contributed by atoms with Crippen LogP contribution in [0.4, 0.5) is 5.82 Å². The van der Waals surface area contributed by atoms with Gasteiger partial charge in [0.1, 0.15) is 35.8 Å². The fraction of sp³-hybridized carbons (Fsp3) is 0.357. The number of anilines is 1. The fourth-order valence-corrected chi connectivity index (χ4v) is 6.57. The summed E-state index contributed by atoms with van der Waals surface area (Å²) in [5.41, 5.74) is 5.13. The van der Waals surface area contributed by atoms with E-state index >= 15 is 0 Å². The molecule has 2 aromatic carbocycles. The molecule has 0 radical (unpaired) electrons. The van der Waals surface area contributed by atoms with Gasteiger partial charge in [-0.05, 0) is 37.4 Å². The van der Waals surface area contributed by atoms with Gasteiger partial charge in [-0.1, -0.05) is 43.3 Å². The predicted molar refractivity (Wildman–Crippen MR) is 152 cm³/mol. The number of benzene rings is 2. The number of rotatable bonds is 10. The Balaban J connectivity index is 1.43. The van der Waals surface area contributed by atoms with Crippen molar-refractivity contribution < 1.29 is 33.0 Å². The lowest BCUT2D eigenvalue weighted by Crippen LogP contribution is -2.36. The summed E-state index contributed by atoms with van der Waals surface area (Å²) in [5.74, 6) is -0.943. The Bertz CT molecular complexity index is 1700. The van der Waals surface area contributed by atoms with Gasteiger partial charge in [-0.3, -0.25) is 9.32 Å². The predicted octanol–water partition coefficient (Wildman–Crippen LogP) is 3.32. The molecule has 4 N–H and O–H groups in total. The largest absolute Gasteiger partial charge is 0.465 e. The van der Waals surface area contributed by atoms with Crippen molar-refractivity contribution in [3.05, 3.63) is 66.6 Å². The molecule has 3 heterocycles. The summed E-state index contributed by atoms with van der Waals surface area (Å²) in [7, 11) is -4.30. The Morgan fingerprint density at radius 2 is 2.05 bits per heavy atom. The van der Waals surface area contributed by atoms with Crippen LogP contribution in [0.15, 0.2) is 60.9 Å². The number of ether oxygens (including phenoxy) is 2. The number of nitriles is 1. The van der Waals surface area contributed by atoms with E-state index < -0.39 is 50.1 Å². The number of hydrogen-bond acceptors (Lipinski definition) is 11. The van der Waals surface area contributed by atoms with Crippen molar-refractivity contribution in [2.45, 2.75) is 44.6 Å². The minimum Gasteiger partial charge on any atom is -0.465 e. The molecule has 1 saturated heterocycles. The average Bonchev–Trinajstić information content (AvgIpc) is 3.53. The van der Waals surface area contributed by atoms with Crippen LogP contribution in [-0.2, 0) is 29.0 Å². The van der Waals surface area contributed by atoms with Crippen LogP contribution in [0.1, 0.15) is 26.5 Å². The number of esters is 1. The van der Waals surface area contributed by atoms with Crippen molar-refractivity contribution >= 4 is 35.8 Å². The molecule has 5 rings (SSSR count). The van der Waals surface area contributed by atoms with Gasteiger partial charge in [0.25, 0.3) is 0 Å². The van der Waals surface area contributed by atoms with Crippen LogP contribution in [0, 0.1) is 17.2 Å². The molecule has 1 fully saturated rings. The van der Waals surface area contributed by atoms with Gasteiger partial charge >= 0.3 is 13.7 Å². The number of aliphatic hydroxyl groups is 1. The van der Waals surface area contributed by atoms with Crippen LogP contribution in [0.25, 0.3) is 16.3 Å². The van der Waals surface area contributed by atoms with Crippen molar-refractivity contribution in [1.29, 1.82) is 5.26 Å². The number of nitrogens with one attached hydrogen (secondary N) is 1. The highest BCUT2D eigenvalue weighted by atomic mass is 31.2. The van der Waals surface area contributed by atoms with E-state index in [9.17, 15) is 19.7 Å². The molecule has 42 heavy (non-hydrogen) atoms. The Hall–Kier alpha value is -4.05. The van der Waals surface area contributed by atoms with Gasteiger partial charge in [0.05, 0.1) is 25.0 Å². The topological polar surface area (TPSA) is 183 Å². The number of hydrogen-bond donors (Lipinski definition) is 3. The van der Waals surface area contributed by atoms with Crippen LogP contribution in [0.3, 0.4) is 0 Å². The molecule has 13 nitrogen and oxygen atoms in total. The first-order chi connectivity index (χ1) is 20.1. The first-order valence-electron chi connectivity index (χ1n) is 13.3. The highest BCUT2D eigenvalue weighted by Gasteiger charge is 2.56. The quantitative estimate of drug-likeness (QED) is 0.180. The first kappa shape index (κ1) is 29.4. The SMILES string of the molecule is CCOC(=O)[C@H](C)NP(=O)(OC[C@H]1O[C@@](C#N)(c2ccc3c(N)ncnn23)[C@@H](C)[C@@H]1O)Oc1cccc2ccccc12. The maximum atomic E-state index is 14.2. The van der Waals surface area contributed by atoms with E-state index in [1.165, 1.54) is 17.8 Å². The zero-order valence-electron chi connectivity index (χ0n) is 23.2. The molecule has 4 aromatic rings. The van der Waals surface area contributed by atoms with Gasteiger partial charge in [0.2, 0.25) is 5.60 Å². The second-order valence-corrected chi connectivity index (χ2v) is 11.6. The second kappa shape index (κ2) is 11.7. The lowest BCUT2D eigenvalue weighted by molar-refractivity contribution is -0.144. The van der Waals surface area contributed by atoms with Crippen molar-refractivity contribution in [2.75, 3.05) is 18.9 Å². The molecule has 1 unspecified atom stereocenters. The van der Waals surface area contributed by atoms with Gasteiger partial charge in [-0.25, -0.2) is 14.1 Å². The minimum absolute atomic E-state index is 0.126. The van der Waals surface area contributed by atoms with E-state index in [0.29, 0.717) is 16.6 Å². The van der Waals surface area contributed by atoms with Gasteiger partial charge in [0, 0.05) is 11.3 Å². The Kier molecular flexibility index (Phi) is 8.19. The molecule has 0 bridgehead atoms. The summed E-state index contributed by atoms with van der Waals surface area (Å²) in [6.45, 7) is 4.46. The van der Waals surface area contributed by atoms with Crippen molar-refractivity contribution in [3.8, 4) is 11.8 Å². The molecule has 2 aromatic heterocycles. The van der Waals surface area contributed by atoms with Crippen molar-refractivity contribution in [1.82, 2.24) is 19.7 Å². The van der Waals surface area contributed by atoms with Crippen LogP contribution in [0.2, 0.25) is 0 Å². The Labute approximate surface area is 241 Å². The normalized spacial score (nSPS) is 24.2. The molecule has 0 amide bonds. The van der Waals surface area contributed by atoms with Crippen LogP contribution < -0.4 is 15.3 Å². The summed E-state index contributed by atoms with van der Waals surface area (Å²) in [4.78, 5) is 16.4. The molecule has 1 aliphatic rings. The summed E-state index contributed by atoms with van der Waals surface area (Å²) in [6, 6.07) is 17.0. The molecular formula is C28H31N6O7P. The minimum atomic E-state index is -4.30. The second-order valence-electron chi connectivity index (χ2n) is 9.91. The highest BCUT2D eigenvalue weighted by molar-refractivity contribution is 7.52. The maximum absolute atomic E-state index is 14.2. The third-order valence-corrected chi connectivity index (χ3v) is 8.90. The van der Waals surface area contributed by atoms with Crippen molar-refractivity contribution in [3.63, 3.8) is 0 Å². The van der Waals surface area contributed by atoms with E-state index in [0.717, 1.165) is 5.39 Å². The van der Waals surface area contributed by atoms with Crippen LogP contribution >= 0.6 is 7.75 Å². The van der Waals surface area contributed by atoms with Gasteiger partial charge in [0.15, 0.2) is 5.82 Å². The van der Waals surface area contributed by atoms with E-state index in [1.807, 2.05) is 24.3 Å². The molecular weight excluding hydrogens is 563 g/mol. The highest BCUT2D eigenvalue weighted by Crippen LogP contribution is 2.49. The maximum Gasteiger partial charge on any atom is 0.459 e. The standard InChI is InChI=1S/C28H31N6O7P/c1-4-38-27(36)18(3)33-42(37,41-22-11-7-9-19-8-5-6-10-20(19)22)39-14-23-25(35)17(2)28(15-29,40-23)24-13-12-21-26(30)31-16-32-34(21)24/h5-13,16-18,23,25,35H,4,14H2,1-3H3,(H,33,37)(H2,30,31,32)/t17-,18-,23+,25-,28+,42?/m0/s1. The van der Waals surface area contributed by atoms with E-state index in [2.05, 4.69) is 21.2 Å². The monoisotopic (exact) mass is 594 g/mol. The van der Waals surface area contributed by atoms with Crippen molar-refractivity contribution in [2.24, 2.45) is 5.92 Å². The summed E-state index contributed by atoms with van der Waals surface area (Å²) < 4.78 is 38.6. The summed E-state index contributed by atoms with van der Waals surface area (Å²) in [6.07, 6.45) is -1.05. The van der Waals surface area contributed by atoms with E-state index in [-0.39, 0.29) is 18.2 Å². The molecule has 0 saturated carbocycles. The molecule has 1 aliphatic heterocycles. The van der Waals surface area contributed by atoms with E-state index in [1.54, 1.807) is 44.2 Å². The lowest BCUT2D eigenvalue weighted by atomic mass is 9.85.